The molecule has 2 N–H and O–H groups in total. The van der Waals surface area contributed by atoms with Crippen LogP contribution in [0.1, 0.15) is 52.9 Å². The van der Waals surface area contributed by atoms with E-state index in [9.17, 15) is 29.4 Å². The molecule has 5 heterocycles. The van der Waals surface area contributed by atoms with Crippen molar-refractivity contribution in [1.82, 2.24) is 0 Å². The lowest BCUT2D eigenvalue weighted by molar-refractivity contribution is -0.378. The summed E-state index contributed by atoms with van der Waals surface area (Å²) in [6.07, 6.45) is 2.48. The Hall–Kier alpha value is -1.85. The summed E-state index contributed by atoms with van der Waals surface area (Å²) in [5.74, 6) is -7.84. The fraction of sp³-hybridized carbons (Fsp3) is 0.786. The van der Waals surface area contributed by atoms with Crippen LogP contribution in [-0.4, -0.2) is 80.0 Å². The lowest BCUT2D eigenvalue weighted by atomic mass is 9.46. The molecular weight excluding hydrogens is 532 g/mol. The Kier molecular flexibility index (Phi) is 4.23. The van der Waals surface area contributed by atoms with Crippen molar-refractivity contribution in [3.63, 3.8) is 0 Å². The second-order valence-electron chi connectivity index (χ2n) is 13.7. The number of Topliss-reactive ketones (excluding diaryl/α,β-unsaturated/α-hetero) is 1. The second-order valence-corrected chi connectivity index (χ2v) is 14.2. The molecule has 0 aromatic heterocycles. The van der Waals surface area contributed by atoms with Gasteiger partial charge in [0.15, 0.2) is 28.4 Å². The number of esters is 2. The smallest absolute Gasteiger partial charge is 0.342 e. The molecule has 0 amide bonds. The van der Waals surface area contributed by atoms with Crippen molar-refractivity contribution >= 4 is 35.1 Å². The number of allylic oxidation sites excluding steroid dienone is 1. The minimum absolute atomic E-state index is 0.0905. The minimum atomic E-state index is -2.29. The van der Waals surface area contributed by atoms with Gasteiger partial charge >= 0.3 is 11.9 Å². The Bertz CT molecular complexity index is 1330. The second kappa shape index (κ2) is 6.62. The number of alkyl halides is 1. The molecule has 5 bridgehead atoms. The van der Waals surface area contributed by atoms with Crippen molar-refractivity contribution in [2.24, 2.45) is 34.5 Å². The van der Waals surface area contributed by atoms with Crippen LogP contribution in [0.2, 0.25) is 0 Å². The van der Waals surface area contributed by atoms with E-state index < -0.39 is 91.9 Å². The molecule has 8 rings (SSSR count). The van der Waals surface area contributed by atoms with Crippen molar-refractivity contribution in [3.05, 3.63) is 12.2 Å². The molecule has 3 aliphatic carbocycles. The summed E-state index contributed by atoms with van der Waals surface area (Å²) in [6.45, 7) is 4.85. The van der Waals surface area contributed by atoms with E-state index in [2.05, 4.69) is 0 Å². The molecule has 0 aromatic carbocycles. The van der Waals surface area contributed by atoms with Gasteiger partial charge in [-0.25, -0.2) is 4.79 Å². The number of carbonyl (C=O) groups is 4. The topological polar surface area (TPSA) is 146 Å². The molecule has 2 saturated carbocycles. The van der Waals surface area contributed by atoms with Crippen molar-refractivity contribution in [3.8, 4) is 0 Å². The lowest BCUT2D eigenvalue weighted by Crippen LogP contribution is -2.79. The fourth-order valence-corrected chi connectivity index (χ4v) is 11.0. The van der Waals surface area contributed by atoms with Gasteiger partial charge in [-0.1, -0.05) is 13.0 Å². The Morgan fingerprint density at radius 3 is 2.56 bits per heavy atom. The Morgan fingerprint density at radius 2 is 1.82 bits per heavy atom. The Morgan fingerprint density at radius 1 is 1.08 bits per heavy atom. The zero-order valence-corrected chi connectivity index (χ0v) is 22.7. The third-order valence-corrected chi connectivity index (χ3v) is 13.2. The van der Waals surface area contributed by atoms with Crippen LogP contribution in [0.5, 0.6) is 0 Å². The van der Waals surface area contributed by atoms with Crippen molar-refractivity contribution in [2.75, 3.05) is 6.61 Å². The van der Waals surface area contributed by atoms with Crippen LogP contribution >= 0.6 is 11.6 Å². The monoisotopic (exact) mass is 562 g/mol. The van der Waals surface area contributed by atoms with Gasteiger partial charge in [0.05, 0.1) is 34.8 Å². The Balaban J connectivity index is 1.43. The minimum Gasteiger partial charge on any atom is -0.458 e. The number of halogens is 1. The van der Waals surface area contributed by atoms with Crippen molar-refractivity contribution in [1.29, 1.82) is 0 Å². The molecular formula is C28H31ClO10. The van der Waals surface area contributed by atoms with E-state index in [0.29, 0.717) is 0 Å². The molecule has 11 heteroatoms. The van der Waals surface area contributed by atoms with E-state index in [1.807, 2.05) is 6.92 Å². The maximum Gasteiger partial charge on any atom is 0.342 e. The predicted molar refractivity (Wildman–Crippen MR) is 129 cm³/mol. The number of carbonyl (C=O) groups excluding carboxylic acids is 4. The number of hydrogen-bond donors (Lipinski definition) is 2. The van der Waals surface area contributed by atoms with Crippen LogP contribution in [-0.2, 0) is 38.1 Å². The molecule has 13 atom stereocenters. The van der Waals surface area contributed by atoms with Gasteiger partial charge in [0.25, 0.3) is 0 Å². The first kappa shape index (κ1) is 24.9. The highest BCUT2D eigenvalue weighted by Crippen LogP contribution is 2.75. The normalized spacial score (nSPS) is 62.0. The van der Waals surface area contributed by atoms with Gasteiger partial charge in [-0.05, 0) is 63.4 Å². The quantitative estimate of drug-likeness (QED) is 0.323. The van der Waals surface area contributed by atoms with E-state index in [1.54, 1.807) is 19.9 Å². The summed E-state index contributed by atoms with van der Waals surface area (Å²) in [5, 5.41) is 23.4. The first-order valence-corrected chi connectivity index (χ1v) is 14.2. The first-order valence-electron chi connectivity index (χ1n) is 13.8. The molecule has 0 aromatic rings. The number of ether oxygens (including phenoxy) is 4. The molecule has 10 nitrogen and oxygen atoms in total. The molecule has 2 spiro atoms. The zero-order chi connectivity index (χ0) is 27.8. The molecule has 7 fully saturated rings. The summed E-state index contributed by atoms with van der Waals surface area (Å²) in [7, 11) is 0. The standard InChI is InChI=1S/C28H31ClO10/c1-22-10-17-24(3)28-18(22)19(31)27(39-28,36-11-14(22)20(32)37-17)13-9-15(29)25(34)7-4-5-16(30)23(25,2)12(13)6-8-26(28,35)21(33)38-24/h4-5,12-15,17-18,34-35H,6-11H2,1-3H3/t12-,13+,14-,15-,17+,18-,22+,23-,24-,25+,26-,27-,28-/m0/s1. The maximum atomic E-state index is 14.9. The number of ketones is 2. The number of hydrogen-bond acceptors (Lipinski definition) is 10. The van der Waals surface area contributed by atoms with Gasteiger partial charge in [0.1, 0.15) is 6.10 Å². The van der Waals surface area contributed by atoms with Gasteiger partial charge in [0.2, 0.25) is 5.79 Å². The van der Waals surface area contributed by atoms with Gasteiger partial charge in [-0.3, -0.25) is 14.4 Å². The highest BCUT2D eigenvalue weighted by Gasteiger charge is 2.93. The van der Waals surface area contributed by atoms with Gasteiger partial charge in [-0.2, -0.15) is 0 Å². The summed E-state index contributed by atoms with van der Waals surface area (Å²) in [6, 6.07) is 0. The number of fused-ring (bicyclic) bond motifs is 5. The zero-order valence-electron chi connectivity index (χ0n) is 21.9. The van der Waals surface area contributed by atoms with Gasteiger partial charge in [-0.15, -0.1) is 11.6 Å². The van der Waals surface area contributed by atoms with E-state index in [1.165, 1.54) is 6.08 Å². The summed E-state index contributed by atoms with van der Waals surface area (Å²) >= 11 is 6.91. The molecule has 8 aliphatic rings. The molecule has 39 heavy (non-hydrogen) atoms. The molecule has 0 unspecified atom stereocenters. The van der Waals surface area contributed by atoms with Gasteiger partial charge < -0.3 is 29.2 Å². The largest absolute Gasteiger partial charge is 0.458 e. The first-order chi connectivity index (χ1) is 18.2. The van der Waals surface area contributed by atoms with Gasteiger partial charge in [0, 0.05) is 5.92 Å². The highest BCUT2D eigenvalue weighted by molar-refractivity contribution is 6.22. The summed E-state index contributed by atoms with van der Waals surface area (Å²) in [4.78, 5) is 55.6. The average Bonchev–Trinajstić information content (AvgIpc) is 3.19. The van der Waals surface area contributed by atoms with Crippen LogP contribution in [0.3, 0.4) is 0 Å². The Labute approximate surface area is 229 Å². The summed E-state index contributed by atoms with van der Waals surface area (Å²) < 4.78 is 25.0. The number of aliphatic hydroxyl groups is 2. The predicted octanol–water partition coefficient (Wildman–Crippen LogP) is 0.969. The van der Waals surface area contributed by atoms with E-state index in [0.717, 1.165) is 0 Å². The average molecular weight is 563 g/mol. The van der Waals surface area contributed by atoms with Crippen molar-refractivity contribution in [2.45, 2.75) is 92.5 Å². The third kappa shape index (κ3) is 2.15. The van der Waals surface area contributed by atoms with Crippen LogP contribution in [0.25, 0.3) is 0 Å². The van der Waals surface area contributed by atoms with Crippen LogP contribution in [0.4, 0.5) is 0 Å². The molecule has 210 valence electrons. The van der Waals surface area contributed by atoms with E-state index in [-0.39, 0.29) is 44.5 Å². The van der Waals surface area contributed by atoms with Crippen LogP contribution in [0.15, 0.2) is 12.2 Å². The van der Waals surface area contributed by atoms with E-state index >= 15 is 0 Å². The third-order valence-electron chi connectivity index (χ3n) is 12.6. The summed E-state index contributed by atoms with van der Waals surface area (Å²) in [5.41, 5.74) is -9.95. The van der Waals surface area contributed by atoms with Crippen molar-refractivity contribution < 1.29 is 48.3 Å². The fourth-order valence-electron chi connectivity index (χ4n) is 10.5. The maximum absolute atomic E-state index is 14.9. The lowest BCUT2D eigenvalue weighted by Gasteiger charge is -2.64. The van der Waals surface area contributed by atoms with Crippen LogP contribution < -0.4 is 0 Å². The molecule has 5 saturated heterocycles. The molecule has 5 aliphatic heterocycles. The SMILES string of the molecule is C[C@@]12C[C@H]3OC(=O)[C@@H]1CO[C@@]14O[C@@]5([C@H]2C1=O)[C@@]3(C)OC(=O)[C@@]5(O)CC[C@H]1[C@H]4C[C@H](Cl)[C@]2(O)CC=CC(=O)[C@]12C. The number of rotatable bonds is 0. The molecule has 0 radical (unpaired) electrons. The van der Waals surface area contributed by atoms with E-state index in [4.69, 9.17) is 30.5 Å². The van der Waals surface area contributed by atoms with Crippen LogP contribution in [0, 0.1) is 34.5 Å². The highest BCUT2D eigenvalue weighted by atomic mass is 35.5.